The van der Waals surface area contributed by atoms with E-state index in [1.807, 2.05) is 0 Å². The van der Waals surface area contributed by atoms with Crippen molar-refractivity contribution in [3.8, 4) is 0 Å². The predicted octanol–water partition coefficient (Wildman–Crippen LogP) is 4.23. The van der Waals surface area contributed by atoms with Gasteiger partial charge >= 0.3 is 0 Å². The largest absolute Gasteiger partial charge is 0.311 e. The zero-order valence-electron chi connectivity index (χ0n) is 12.5. The molecule has 0 aromatic rings. The van der Waals surface area contributed by atoms with Crippen molar-refractivity contribution in [2.75, 3.05) is 6.54 Å². The molecule has 1 heteroatoms. The normalized spacial score (nSPS) is 43.7. The molecule has 0 amide bonds. The van der Waals surface area contributed by atoms with Gasteiger partial charge in [-0.2, -0.15) is 0 Å². The molecule has 4 rings (SSSR count). The molecule has 4 aliphatic rings. The molecule has 4 fully saturated rings. The first-order chi connectivity index (χ1) is 8.55. The van der Waals surface area contributed by atoms with Gasteiger partial charge in [-0.15, -0.1) is 0 Å². The van der Waals surface area contributed by atoms with Crippen molar-refractivity contribution in [2.24, 2.45) is 29.6 Å². The monoisotopic (exact) mass is 249 g/mol. The highest BCUT2D eigenvalue weighted by molar-refractivity contribution is 5.06. The molecular weight excluding hydrogens is 218 g/mol. The van der Waals surface area contributed by atoms with E-state index in [4.69, 9.17) is 0 Å². The van der Waals surface area contributed by atoms with Crippen LogP contribution in [0.1, 0.15) is 65.7 Å². The highest BCUT2D eigenvalue weighted by Gasteiger charge is 2.50. The smallest absolute Gasteiger partial charge is 0.0189 e. The molecule has 4 saturated carbocycles. The minimum absolute atomic E-state index is 0.569. The molecule has 4 bridgehead atoms. The van der Waals surface area contributed by atoms with Gasteiger partial charge in [0.2, 0.25) is 0 Å². The standard InChI is InChI=1S/C17H31N/c1-12(2)4-13(3)11-18-17-8-14-5-15(9-17)7-16(6-14)10-17/h12-16,18H,4-11H2,1-3H3. The molecule has 1 atom stereocenters. The molecule has 0 heterocycles. The molecule has 1 unspecified atom stereocenters. The summed E-state index contributed by atoms with van der Waals surface area (Å²) in [6.45, 7) is 8.38. The Kier molecular flexibility index (Phi) is 3.47. The van der Waals surface area contributed by atoms with Crippen molar-refractivity contribution < 1.29 is 0 Å². The summed E-state index contributed by atoms with van der Waals surface area (Å²) in [6.07, 6.45) is 10.5. The number of hydrogen-bond acceptors (Lipinski definition) is 1. The van der Waals surface area contributed by atoms with Crippen LogP contribution in [0.5, 0.6) is 0 Å². The Hall–Kier alpha value is -0.0400. The fourth-order valence-electron chi connectivity index (χ4n) is 5.61. The van der Waals surface area contributed by atoms with Crippen LogP contribution in [0, 0.1) is 29.6 Å². The molecular formula is C17H31N. The lowest BCUT2D eigenvalue weighted by molar-refractivity contribution is -0.0213. The van der Waals surface area contributed by atoms with Crippen molar-refractivity contribution in [3.63, 3.8) is 0 Å². The van der Waals surface area contributed by atoms with E-state index in [-0.39, 0.29) is 0 Å². The molecule has 1 N–H and O–H groups in total. The Labute approximate surface area is 113 Å². The van der Waals surface area contributed by atoms with Crippen molar-refractivity contribution >= 4 is 0 Å². The van der Waals surface area contributed by atoms with E-state index in [2.05, 4.69) is 26.1 Å². The average molecular weight is 249 g/mol. The summed E-state index contributed by atoms with van der Waals surface area (Å²) < 4.78 is 0. The first-order valence-corrected chi connectivity index (χ1v) is 8.30. The summed E-state index contributed by atoms with van der Waals surface area (Å²) in [6, 6.07) is 0. The lowest BCUT2D eigenvalue weighted by atomic mass is 9.53. The van der Waals surface area contributed by atoms with Crippen molar-refractivity contribution in [1.29, 1.82) is 0 Å². The van der Waals surface area contributed by atoms with Gasteiger partial charge in [0, 0.05) is 5.54 Å². The van der Waals surface area contributed by atoms with Crippen LogP contribution in [-0.4, -0.2) is 12.1 Å². The lowest BCUT2D eigenvalue weighted by Crippen LogP contribution is -2.59. The number of nitrogens with one attached hydrogen (secondary N) is 1. The molecule has 0 radical (unpaired) electrons. The van der Waals surface area contributed by atoms with E-state index in [9.17, 15) is 0 Å². The second-order valence-corrected chi connectivity index (χ2v) is 8.31. The third-order valence-corrected chi connectivity index (χ3v) is 5.74. The Morgan fingerprint density at radius 1 is 0.944 bits per heavy atom. The second kappa shape index (κ2) is 4.81. The zero-order valence-corrected chi connectivity index (χ0v) is 12.5. The van der Waals surface area contributed by atoms with Crippen molar-refractivity contribution in [3.05, 3.63) is 0 Å². The summed E-state index contributed by atoms with van der Waals surface area (Å²) in [5, 5.41) is 4.03. The number of rotatable bonds is 5. The third kappa shape index (κ3) is 2.61. The average Bonchev–Trinajstić information content (AvgIpc) is 2.23. The summed E-state index contributed by atoms with van der Waals surface area (Å²) >= 11 is 0. The zero-order chi connectivity index (χ0) is 12.8. The molecule has 1 nitrogen and oxygen atoms in total. The van der Waals surface area contributed by atoms with E-state index in [0.717, 1.165) is 29.6 Å². The summed E-state index contributed by atoms with van der Waals surface area (Å²) in [7, 11) is 0. The minimum atomic E-state index is 0.569. The van der Waals surface area contributed by atoms with Gasteiger partial charge in [-0.1, -0.05) is 20.8 Å². The highest BCUT2D eigenvalue weighted by Crippen LogP contribution is 2.55. The van der Waals surface area contributed by atoms with Gasteiger partial charge in [0.1, 0.15) is 0 Å². The van der Waals surface area contributed by atoms with Gasteiger partial charge in [0.15, 0.2) is 0 Å². The molecule has 0 aromatic heterocycles. The Morgan fingerprint density at radius 3 is 1.89 bits per heavy atom. The molecule has 0 aliphatic heterocycles. The maximum absolute atomic E-state index is 4.03. The first kappa shape index (κ1) is 13.0. The molecule has 4 aliphatic carbocycles. The number of hydrogen-bond donors (Lipinski definition) is 1. The maximum Gasteiger partial charge on any atom is 0.0189 e. The van der Waals surface area contributed by atoms with Crippen LogP contribution >= 0.6 is 0 Å². The summed E-state index contributed by atoms with van der Waals surface area (Å²) in [5.74, 6) is 4.91. The lowest BCUT2D eigenvalue weighted by Gasteiger charge is -2.57. The molecule has 18 heavy (non-hydrogen) atoms. The topological polar surface area (TPSA) is 12.0 Å². The molecule has 0 aromatic carbocycles. The fourth-order valence-corrected chi connectivity index (χ4v) is 5.61. The third-order valence-electron chi connectivity index (χ3n) is 5.74. The van der Waals surface area contributed by atoms with E-state index in [0.29, 0.717) is 5.54 Å². The first-order valence-electron chi connectivity index (χ1n) is 8.30. The van der Waals surface area contributed by atoms with Crippen LogP contribution in [0.3, 0.4) is 0 Å². The van der Waals surface area contributed by atoms with E-state index >= 15 is 0 Å². The maximum atomic E-state index is 4.03. The van der Waals surface area contributed by atoms with E-state index in [1.165, 1.54) is 32.2 Å². The van der Waals surface area contributed by atoms with Crippen LogP contribution in [0.25, 0.3) is 0 Å². The van der Waals surface area contributed by atoms with Crippen LogP contribution in [0.4, 0.5) is 0 Å². The van der Waals surface area contributed by atoms with Gasteiger partial charge in [0.25, 0.3) is 0 Å². The van der Waals surface area contributed by atoms with E-state index in [1.54, 1.807) is 19.3 Å². The van der Waals surface area contributed by atoms with Crippen LogP contribution in [0.15, 0.2) is 0 Å². The Morgan fingerprint density at radius 2 is 1.44 bits per heavy atom. The minimum Gasteiger partial charge on any atom is -0.311 e. The Balaban J connectivity index is 1.56. The van der Waals surface area contributed by atoms with Crippen molar-refractivity contribution in [2.45, 2.75) is 71.3 Å². The molecule has 0 saturated heterocycles. The second-order valence-electron chi connectivity index (χ2n) is 8.31. The summed E-state index contributed by atoms with van der Waals surface area (Å²) in [4.78, 5) is 0. The summed E-state index contributed by atoms with van der Waals surface area (Å²) in [5.41, 5.74) is 0.569. The van der Waals surface area contributed by atoms with Crippen LogP contribution < -0.4 is 5.32 Å². The fraction of sp³-hybridized carbons (Fsp3) is 1.00. The van der Waals surface area contributed by atoms with Crippen LogP contribution in [0.2, 0.25) is 0 Å². The predicted molar refractivity (Wildman–Crippen MR) is 77.5 cm³/mol. The molecule has 104 valence electrons. The quantitative estimate of drug-likeness (QED) is 0.769. The molecule has 0 spiro atoms. The SMILES string of the molecule is CC(C)CC(C)CNC12CC3CC(CC(C3)C1)C2. The van der Waals surface area contributed by atoms with Gasteiger partial charge in [-0.25, -0.2) is 0 Å². The van der Waals surface area contributed by atoms with Crippen molar-refractivity contribution in [1.82, 2.24) is 5.32 Å². The highest BCUT2D eigenvalue weighted by atomic mass is 15.0. The van der Waals surface area contributed by atoms with Gasteiger partial charge in [0.05, 0.1) is 0 Å². The Bertz CT molecular complexity index is 259. The van der Waals surface area contributed by atoms with Gasteiger partial charge < -0.3 is 5.32 Å². The van der Waals surface area contributed by atoms with E-state index < -0.39 is 0 Å². The van der Waals surface area contributed by atoms with Crippen LogP contribution in [-0.2, 0) is 0 Å². The van der Waals surface area contributed by atoms with Gasteiger partial charge in [-0.3, -0.25) is 0 Å². The van der Waals surface area contributed by atoms with Gasteiger partial charge in [-0.05, 0) is 81.1 Å².